The first-order chi connectivity index (χ1) is 14.1. The van der Waals surface area contributed by atoms with Crippen LogP contribution in [0.2, 0.25) is 5.02 Å². The van der Waals surface area contributed by atoms with Crippen molar-refractivity contribution in [3.63, 3.8) is 0 Å². The van der Waals surface area contributed by atoms with E-state index in [2.05, 4.69) is 21.2 Å². The predicted octanol–water partition coefficient (Wildman–Crippen LogP) is 4.27. The molecule has 1 N–H and O–H groups in total. The highest BCUT2D eigenvalue weighted by atomic mass is 35.5. The number of rotatable bonds is 6. The molecule has 0 aromatic heterocycles. The van der Waals surface area contributed by atoms with Gasteiger partial charge in [-0.25, -0.2) is 0 Å². The van der Waals surface area contributed by atoms with Gasteiger partial charge >= 0.3 is 0 Å². The fourth-order valence-corrected chi connectivity index (χ4v) is 3.82. The summed E-state index contributed by atoms with van der Waals surface area (Å²) < 4.78 is 16.5. The first-order valence-electron chi connectivity index (χ1n) is 9.51. The van der Waals surface area contributed by atoms with Crippen LogP contribution in [-0.2, 0) is 0 Å². The molecule has 0 saturated carbocycles. The molecule has 0 atom stereocenters. The molecule has 0 aliphatic carbocycles. The van der Waals surface area contributed by atoms with Gasteiger partial charge in [-0.2, -0.15) is 0 Å². The highest BCUT2D eigenvalue weighted by molar-refractivity contribution is 7.80. The van der Waals surface area contributed by atoms with Gasteiger partial charge in [0.15, 0.2) is 5.11 Å². The van der Waals surface area contributed by atoms with E-state index in [4.69, 9.17) is 38.0 Å². The lowest BCUT2D eigenvalue weighted by Gasteiger charge is -2.38. The van der Waals surface area contributed by atoms with E-state index in [9.17, 15) is 0 Å². The second-order valence-corrected chi connectivity index (χ2v) is 7.29. The summed E-state index contributed by atoms with van der Waals surface area (Å²) >= 11 is 11.8. The molecule has 2 aromatic rings. The van der Waals surface area contributed by atoms with Gasteiger partial charge in [-0.05, 0) is 31.3 Å². The van der Waals surface area contributed by atoms with Crippen molar-refractivity contribution in [3.05, 3.63) is 41.4 Å². The van der Waals surface area contributed by atoms with Gasteiger partial charge in [0.2, 0.25) is 0 Å². The topological polar surface area (TPSA) is 46.2 Å². The molecule has 2 aromatic carbocycles. The molecular formula is C21H26ClN3O3S. The van der Waals surface area contributed by atoms with Gasteiger partial charge in [-0.1, -0.05) is 23.7 Å². The van der Waals surface area contributed by atoms with Gasteiger partial charge < -0.3 is 29.3 Å². The molecule has 1 fully saturated rings. The zero-order chi connectivity index (χ0) is 20.8. The number of nitrogens with zero attached hydrogens (tertiary/aromatic N) is 2. The van der Waals surface area contributed by atoms with Crippen molar-refractivity contribution in [2.45, 2.75) is 6.92 Å². The van der Waals surface area contributed by atoms with E-state index in [1.165, 1.54) is 0 Å². The fourth-order valence-electron chi connectivity index (χ4n) is 3.30. The molecule has 1 aliphatic rings. The van der Waals surface area contributed by atoms with Crippen LogP contribution in [0.5, 0.6) is 17.2 Å². The van der Waals surface area contributed by atoms with Gasteiger partial charge in [0.25, 0.3) is 0 Å². The number of halogens is 1. The Kier molecular flexibility index (Phi) is 7.28. The van der Waals surface area contributed by atoms with Crippen molar-refractivity contribution < 1.29 is 14.2 Å². The normalized spacial score (nSPS) is 13.8. The standard InChI is InChI=1S/C21H26ClN3O3S/c1-4-28-18-8-6-5-7-17(18)24-9-11-25(12-10-24)21(29)23-16-14-19(26-2)15(22)13-20(16)27-3/h5-8,13-14H,4,9-12H2,1-3H3,(H,23,29). The van der Waals surface area contributed by atoms with Crippen LogP contribution < -0.4 is 24.4 Å². The number of hydrogen-bond acceptors (Lipinski definition) is 5. The number of hydrogen-bond donors (Lipinski definition) is 1. The molecular weight excluding hydrogens is 410 g/mol. The Morgan fingerprint density at radius 3 is 2.38 bits per heavy atom. The minimum absolute atomic E-state index is 0.488. The Balaban J connectivity index is 1.65. The molecule has 0 unspecified atom stereocenters. The average molecular weight is 436 g/mol. The van der Waals surface area contributed by atoms with Gasteiger partial charge in [-0.3, -0.25) is 0 Å². The molecule has 3 rings (SSSR count). The Hall–Kier alpha value is -2.38. The van der Waals surface area contributed by atoms with Gasteiger partial charge in [0.1, 0.15) is 17.2 Å². The van der Waals surface area contributed by atoms with Gasteiger partial charge in [-0.15, -0.1) is 0 Å². The van der Waals surface area contributed by atoms with Crippen molar-refractivity contribution in [2.24, 2.45) is 0 Å². The number of thiocarbonyl (C=S) groups is 1. The highest BCUT2D eigenvalue weighted by Gasteiger charge is 2.22. The first-order valence-corrected chi connectivity index (χ1v) is 10.3. The maximum Gasteiger partial charge on any atom is 0.173 e. The molecule has 1 aliphatic heterocycles. The third-order valence-electron chi connectivity index (χ3n) is 4.79. The predicted molar refractivity (Wildman–Crippen MR) is 122 cm³/mol. The fraction of sp³-hybridized carbons (Fsp3) is 0.381. The number of para-hydroxylation sites is 2. The van der Waals surface area contributed by atoms with E-state index in [1.807, 2.05) is 25.1 Å². The quantitative estimate of drug-likeness (QED) is 0.679. The van der Waals surface area contributed by atoms with Crippen molar-refractivity contribution in [3.8, 4) is 17.2 Å². The van der Waals surface area contributed by atoms with Crippen LogP contribution in [0.15, 0.2) is 36.4 Å². The lowest BCUT2D eigenvalue weighted by atomic mass is 10.2. The minimum atomic E-state index is 0.488. The molecule has 1 saturated heterocycles. The lowest BCUT2D eigenvalue weighted by molar-refractivity contribution is 0.336. The van der Waals surface area contributed by atoms with E-state index in [0.717, 1.165) is 43.3 Å². The van der Waals surface area contributed by atoms with Crippen LogP contribution in [0.3, 0.4) is 0 Å². The van der Waals surface area contributed by atoms with E-state index < -0.39 is 0 Å². The molecule has 1 heterocycles. The Bertz CT molecular complexity index is 857. The maximum absolute atomic E-state index is 6.18. The third kappa shape index (κ3) is 4.97. The second kappa shape index (κ2) is 9.89. The molecule has 0 spiro atoms. The number of benzene rings is 2. The molecule has 156 valence electrons. The summed E-state index contributed by atoms with van der Waals surface area (Å²) in [5.41, 5.74) is 1.85. The molecule has 0 radical (unpaired) electrons. The second-order valence-electron chi connectivity index (χ2n) is 6.49. The first kappa shape index (κ1) is 21.3. The number of ether oxygens (including phenoxy) is 3. The summed E-state index contributed by atoms with van der Waals surface area (Å²) in [6, 6.07) is 11.7. The third-order valence-corrected chi connectivity index (χ3v) is 5.44. The minimum Gasteiger partial charge on any atom is -0.495 e. The summed E-state index contributed by atoms with van der Waals surface area (Å²) in [4.78, 5) is 4.48. The number of methoxy groups -OCH3 is 2. The largest absolute Gasteiger partial charge is 0.495 e. The van der Waals surface area contributed by atoms with E-state index >= 15 is 0 Å². The van der Waals surface area contributed by atoms with Crippen LogP contribution in [0.1, 0.15) is 6.92 Å². The zero-order valence-electron chi connectivity index (χ0n) is 16.9. The SMILES string of the molecule is CCOc1ccccc1N1CCN(C(=S)Nc2cc(OC)c(Cl)cc2OC)CC1. The monoisotopic (exact) mass is 435 g/mol. The summed E-state index contributed by atoms with van der Waals surface area (Å²) in [6.07, 6.45) is 0. The van der Waals surface area contributed by atoms with Crippen molar-refractivity contribution in [2.75, 3.05) is 57.2 Å². The number of anilines is 2. The Morgan fingerprint density at radius 1 is 1.03 bits per heavy atom. The van der Waals surface area contributed by atoms with E-state index in [0.29, 0.717) is 28.2 Å². The highest BCUT2D eigenvalue weighted by Crippen LogP contribution is 2.36. The van der Waals surface area contributed by atoms with Crippen LogP contribution in [0, 0.1) is 0 Å². The Morgan fingerprint density at radius 2 is 1.72 bits per heavy atom. The van der Waals surface area contributed by atoms with Crippen LogP contribution in [0.4, 0.5) is 11.4 Å². The molecule has 6 nitrogen and oxygen atoms in total. The van der Waals surface area contributed by atoms with Crippen molar-refractivity contribution in [1.29, 1.82) is 0 Å². The van der Waals surface area contributed by atoms with Crippen molar-refractivity contribution >= 4 is 40.3 Å². The smallest absolute Gasteiger partial charge is 0.173 e. The number of piperazine rings is 1. The van der Waals surface area contributed by atoms with E-state index in [-0.39, 0.29) is 0 Å². The van der Waals surface area contributed by atoms with Crippen LogP contribution >= 0.6 is 23.8 Å². The average Bonchev–Trinajstić information content (AvgIpc) is 2.75. The summed E-state index contributed by atoms with van der Waals surface area (Å²) in [7, 11) is 3.18. The van der Waals surface area contributed by atoms with Crippen LogP contribution in [0.25, 0.3) is 0 Å². The van der Waals surface area contributed by atoms with Gasteiger partial charge in [0.05, 0.1) is 37.2 Å². The molecule has 8 heteroatoms. The maximum atomic E-state index is 6.18. The number of nitrogens with one attached hydrogen (secondary N) is 1. The summed E-state index contributed by atoms with van der Waals surface area (Å²) in [6.45, 7) is 5.97. The van der Waals surface area contributed by atoms with Gasteiger partial charge in [0, 0.05) is 38.3 Å². The Labute approximate surface area is 182 Å². The summed E-state index contributed by atoms with van der Waals surface area (Å²) in [5.74, 6) is 2.10. The van der Waals surface area contributed by atoms with Crippen molar-refractivity contribution in [1.82, 2.24) is 4.90 Å². The summed E-state index contributed by atoms with van der Waals surface area (Å²) in [5, 5.41) is 4.40. The molecule has 0 bridgehead atoms. The van der Waals surface area contributed by atoms with Crippen LogP contribution in [-0.4, -0.2) is 57.0 Å². The molecule has 0 amide bonds. The van der Waals surface area contributed by atoms with E-state index in [1.54, 1.807) is 26.4 Å². The zero-order valence-corrected chi connectivity index (χ0v) is 18.5. The lowest BCUT2D eigenvalue weighted by Crippen LogP contribution is -2.50. The molecule has 29 heavy (non-hydrogen) atoms.